The number of para-hydroxylation sites is 1. The van der Waals surface area contributed by atoms with Crippen LogP contribution in [0.3, 0.4) is 0 Å². The van der Waals surface area contributed by atoms with E-state index in [2.05, 4.69) is 5.10 Å². The van der Waals surface area contributed by atoms with Gasteiger partial charge in [0, 0.05) is 6.21 Å². The van der Waals surface area contributed by atoms with Crippen molar-refractivity contribution in [2.24, 2.45) is 5.10 Å². The van der Waals surface area contributed by atoms with E-state index in [-0.39, 0.29) is 4.87 Å². The first-order valence-electron chi connectivity index (χ1n) is 4.03. The van der Waals surface area contributed by atoms with Gasteiger partial charge in [-0.25, -0.2) is 0 Å². The number of nitrogens with zero attached hydrogens (tertiary/aromatic N) is 2. The highest BCUT2D eigenvalue weighted by atomic mass is 35.5. The van der Waals surface area contributed by atoms with Crippen LogP contribution in [0.15, 0.2) is 28.1 Å². The minimum Gasteiger partial charge on any atom is -0.255 e. The van der Waals surface area contributed by atoms with Gasteiger partial charge in [0.2, 0.25) is 0 Å². The van der Waals surface area contributed by atoms with E-state index in [4.69, 9.17) is 11.6 Å². The van der Waals surface area contributed by atoms with E-state index in [1.54, 1.807) is 19.2 Å². The third-order valence-electron chi connectivity index (χ3n) is 1.76. The van der Waals surface area contributed by atoms with Crippen LogP contribution in [0.5, 0.6) is 0 Å². The highest BCUT2D eigenvalue weighted by Crippen LogP contribution is 2.24. The minimum atomic E-state index is -0.119. The molecule has 0 aliphatic carbocycles. The van der Waals surface area contributed by atoms with E-state index in [0.29, 0.717) is 10.5 Å². The minimum absolute atomic E-state index is 0.119. The molecule has 0 unspecified atom stereocenters. The summed E-state index contributed by atoms with van der Waals surface area (Å²) in [5.74, 6) is 0. The van der Waals surface area contributed by atoms with Crippen molar-refractivity contribution in [3.63, 3.8) is 0 Å². The molecule has 1 heterocycles. The van der Waals surface area contributed by atoms with Gasteiger partial charge < -0.3 is 0 Å². The van der Waals surface area contributed by atoms with E-state index >= 15 is 0 Å². The normalized spacial score (nSPS) is 11.6. The fourth-order valence-electron chi connectivity index (χ4n) is 1.23. The van der Waals surface area contributed by atoms with E-state index in [0.717, 1.165) is 16.0 Å². The summed E-state index contributed by atoms with van der Waals surface area (Å²) in [5, 5.41) is 4.51. The Morgan fingerprint density at radius 3 is 3.07 bits per heavy atom. The molecule has 1 aromatic heterocycles. The SMILES string of the molecule is CC=Nn1c(=O)sc2cccc(Cl)c21. The van der Waals surface area contributed by atoms with Crippen LogP contribution in [0.25, 0.3) is 10.2 Å². The van der Waals surface area contributed by atoms with Gasteiger partial charge in [-0.3, -0.25) is 4.79 Å². The molecule has 0 saturated heterocycles. The summed E-state index contributed by atoms with van der Waals surface area (Å²) in [6, 6.07) is 5.42. The fourth-order valence-corrected chi connectivity index (χ4v) is 2.40. The number of hydrogen-bond acceptors (Lipinski definition) is 3. The maximum atomic E-state index is 11.5. The van der Waals surface area contributed by atoms with Crippen molar-refractivity contribution in [1.29, 1.82) is 0 Å². The molecule has 3 nitrogen and oxygen atoms in total. The van der Waals surface area contributed by atoms with Crippen molar-refractivity contribution < 1.29 is 0 Å². The highest BCUT2D eigenvalue weighted by Gasteiger charge is 2.08. The Labute approximate surface area is 89.2 Å². The number of thiazole rings is 1. The van der Waals surface area contributed by atoms with Gasteiger partial charge in [-0.05, 0) is 19.1 Å². The maximum absolute atomic E-state index is 11.5. The quantitative estimate of drug-likeness (QED) is 0.689. The number of rotatable bonds is 1. The molecule has 14 heavy (non-hydrogen) atoms. The molecule has 0 radical (unpaired) electrons. The molecule has 5 heteroatoms. The number of halogens is 1. The average molecular weight is 227 g/mol. The Balaban J connectivity index is 2.93. The predicted octanol–water partition coefficient (Wildman–Crippen LogP) is 2.57. The van der Waals surface area contributed by atoms with Crippen LogP contribution in [0.4, 0.5) is 0 Å². The number of hydrogen-bond donors (Lipinski definition) is 0. The van der Waals surface area contributed by atoms with Crippen molar-refractivity contribution in [2.75, 3.05) is 0 Å². The van der Waals surface area contributed by atoms with Crippen molar-refractivity contribution in [3.05, 3.63) is 32.9 Å². The van der Waals surface area contributed by atoms with Crippen molar-refractivity contribution >= 4 is 39.4 Å². The van der Waals surface area contributed by atoms with Crippen molar-refractivity contribution in [3.8, 4) is 0 Å². The van der Waals surface area contributed by atoms with Crippen LogP contribution in [0, 0.1) is 0 Å². The van der Waals surface area contributed by atoms with Gasteiger partial charge in [-0.1, -0.05) is 29.0 Å². The lowest BCUT2D eigenvalue weighted by molar-refractivity contribution is 0.904. The second kappa shape index (κ2) is 3.55. The molecule has 0 aliphatic rings. The van der Waals surface area contributed by atoms with E-state index < -0.39 is 0 Å². The molecule has 0 aliphatic heterocycles. The standard InChI is InChI=1S/C9H7ClN2OS/c1-2-11-12-8-6(10)4-3-5-7(8)14-9(12)13/h2-5H,1H3. The molecule has 0 spiro atoms. The van der Waals surface area contributed by atoms with Gasteiger partial charge in [0.05, 0.1) is 9.72 Å². The van der Waals surface area contributed by atoms with E-state index in [1.807, 2.05) is 12.1 Å². The summed E-state index contributed by atoms with van der Waals surface area (Å²) in [6.07, 6.45) is 1.57. The summed E-state index contributed by atoms with van der Waals surface area (Å²) in [6.45, 7) is 1.76. The summed E-state index contributed by atoms with van der Waals surface area (Å²) >= 11 is 7.13. The second-order valence-electron chi connectivity index (χ2n) is 2.64. The van der Waals surface area contributed by atoms with Gasteiger partial charge in [0.25, 0.3) is 0 Å². The molecule has 0 amide bonds. The van der Waals surface area contributed by atoms with Crippen LogP contribution in [-0.2, 0) is 0 Å². The Kier molecular flexibility index (Phi) is 2.39. The van der Waals surface area contributed by atoms with Gasteiger partial charge in [0.15, 0.2) is 0 Å². The summed E-state index contributed by atoms with van der Waals surface area (Å²) in [5.41, 5.74) is 0.683. The van der Waals surface area contributed by atoms with Gasteiger partial charge >= 0.3 is 4.87 Å². The lowest BCUT2D eigenvalue weighted by Crippen LogP contribution is -2.06. The maximum Gasteiger partial charge on any atom is 0.328 e. The summed E-state index contributed by atoms with van der Waals surface area (Å²) in [4.78, 5) is 11.4. The monoisotopic (exact) mass is 226 g/mol. The van der Waals surface area contributed by atoms with Gasteiger partial charge in [-0.15, -0.1) is 0 Å². The Hall–Kier alpha value is -1.13. The summed E-state index contributed by atoms with van der Waals surface area (Å²) in [7, 11) is 0. The molecule has 0 saturated carbocycles. The van der Waals surface area contributed by atoms with Crippen LogP contribution in [0.1, 0.15) is 6.92 Å². The predicted molar refractivity (Wildman–Crippen MR) is 60.7 cm³/mol. The van der Waals surface area contributed by atoms with E-state index in [1.165, 1.54) is 4.68 Å². The van der Waals surface area contributed by atoms with E-state index in [9.17, 15) is 4.79 Å². The highest BCUT2D eigenvalue weighted by molar-refractivity contribution is 7.16. The van der Waals surface area contributed by atoms with Crippen molar-refractivity contribution in [2.45, 2.75) is 6.92 Å². The number of benzene rings is 1. The Morgan fingerprint density at radius 1 is 1.57 bits per heavy atom. The molecule has 0 bridgehead atoms. The van der Waals surface area contributed by atoms with Crippen LogP contribution in [0.2, 0.25) is 5.02 Å². The number of fused-ring (bicyclic) bond motifs is 1. The third kappa shape index (κ3) is 1.36. The zero-order valence-corrected chi connectivity index (χ0v) is 8.97. The largest absolute Gasteiger partial charge is 0.328 e. The molecular formula is C9H7ClN2OS. The number of aromatic nitrogens is 1. The lowest BCUT2D eigenvalue weighted by atomic mass is 10.3. The average Bonchev–Trinajstić information content (AvgIpc) is 2.45. The molecule has 2 rings (SSSR count). The van der Waals surface area contributed by atoms with Crippen molar-refractivity contribution in [1.82, 2.24) is 4.68 Å². The van der Waals surface area contributed by atoms with Crippen LogP contribution < -0.4 is 4.87 Å². The Morgan fingerprint density at radius 2 is 2.36 bits per heavy atom. The second-order valence-corrected chi connectivity index (χ2v) is 4.04. The molecule has 72 valence electrons. The Bertz CT molecular complexity index is 555. The van der Waals surface area contributed by atoms with Crippen LogP contribution >= 0.6 is 22.9 Å². The lowest BCUT2D eigenvalue weighted by Gasteiger charge is -1.96. The third-order valence-corrected chi connectivity index (χ3v) is 2.96. The molecule has 0 atom stereocenters. The fraction of sp³-hybridized carbons (Fsp3) is 0.111. The molecule has 1 aromatic carbocycles. The molecule has 0 N–H and O–H groups in total. The van der Waals surface area contributed by atoms with Crippen LogP contribution in [-0.4, -0.2) is 10.9 Å². The first kappa shape index (κ1) is 9.43. The summed E-state index contributed by atoms with van der Waals surface area (Å²) < 4.78 is 2.18. The zero-order valence-electron chi connectivity index (χ0n) is 7.40. The van der Waals surface area contributed by atoms with Gasteiger partial charge in [0.1, 0.15) is 5.52 Å². The smallest absolute Gasteiger partial charge is 0.255 e. The molecular weight excluding hydrogens is 220 g/mol. The topological polar surface area (TPSA) is 34.4 Å². The van der Waals surface area contributed by atoms with Gasteiger partial charge in [-0.2, -0.15) is 9.78 Å². The first-order chi connectivity index (χ1) is 6.74. The zero-order chi connectivity index (χ0) is 10.1. The molecule has 2 aromatic rings. The molecule has 0 fully saturated rings. The first-order valence-corrected chi connectivity index (χ1v) is 5.22.